The number of hydrogen-bond donors (Lipinski definition) is 0. The molecule has 0 unspecified atom stereocenters. The first-order valence-electron chi connectivity index (χ1n) is 6.85. The zero-order valence-electron chi connectivity index (χ0n) is 12.4. The van der Waals surface area contributed by atoms with E-state index in [4.69, 9.17) is 23.2 Å². The van der Waals surface area contributed by atoms with Crippen LogP contribution in [0.2, 0.25) is 10.0 Å². The van der Waals surface area contributed by atoms with Crippen molar-refractivity contribution in [3.05, 3.63) is 69.2 Å². The van der Waals surface area contributed by atoms with Crippen LogP contribution in [0.15, 0.2) is 42.5 Å². The molecular formula is C18H18Cl2O. The fraction of sp³-hybridized carbons (Fsp3) is 0.278. The van der Waals surface area contributed by atoms with E-state index in [1.165, 1.54) is 5.56 Å². The van der Waals surface area contributed by atoms with Crippen LogP contribution in [0, 0.1) is 0 Å². The Balaban J connectivity index is 2.18. The lowest BCUT2D eigenvalue weighted by Gasteiger charge is -2.19. The minimum atomic E-state index is -0.0222. The number of rotatable bonds is 3. The Morgan fingerprint density at radius 3 is 2.19 bits per heavy atom. The van der Waals surface area contributed by atoms with Crippen LogP contribution < -0.4 is 0 Å². The van der Waals surface area contributed by atoms with Crippen molar-refractivity contribution in [3.63, 3.8) is 0 Å². The van der Waals surface area contributed by atoms with Gasteiger partial charge < -0.3 is 0 Å². The molecule has 0 saturated heterocycles. The monoisotopic (exact) mass is 320 g/mol. The standard InChI is InChI=1S/C18H18Cl2O/c1-18(2,3)13-9-7-12(8-10-13)11-16(21)14-5-4-6-15(19)17(14)20/h4-10H,11H2,1-3H3. The van der Waals surface area contributed by atoms with Crippen molar-refractivity contribution in [1.29, 1.82) is 0 Å². The largest absolute Gasteiger partial charge is 0.294 e. The van der Waals surface area contributed by atoms with E-state index >= 15 is 0 Å². The van der Waals surface area contributed by atoms with Crippen molar-refractivity contribution in [2.75, 3.05) is 0 Å². The Kier molecular flexibility index (Phi) is 4.75. The van der Waals surface area contributed by atoms with Gasteiger partial charge in [-0.15, -0.1) is 0 Å². The Hall–Kier alpha value is -1.31. The molecule has 0 fully saturated rings. The van der Waals surface area contributed by atoms with Gasteiger partial charge in [0.05, 0.1) is 10.0 Å². The van der Waals surface area contributed by atoms with Crippen LogP contribution in [0.5, 0.6) is 0 Å². The molecule has 21 heavy (non-hydrogen) atoms. The molecule has 0 radical (unpaired) electrons. The van der Waals surface area contributed by atoms with Crippen LogP contribution in [0.4, 0.5) is 0 Å². The van der Waals surface area contributed by atoms with Gasteiger partial charge in [-0.1, -0.05) is 74.3 Å². The molecule has 0 spiro atoms. The summed E-state index contributed by atoms with van der Waals surface area (Å²) >= 11 is 12.0. The summed E-state index contributed by atoms with van der Waals surface area (Å²) in [4.78, 5) is 12.3. The number of carbonyl (C=O) groups excluding carboxylic acids is 1. The number of Topliss-reactive ketones (excluding diaryl/α,β-unsaturated/α-hetero) is 1. The molecule has 3 heteroatoms. The summed E-state index contributed by atoms with van der Waals surface area (Å²) in [6.45, 7) is 6.50. The molecule has 2 aromatic rings. The highest BCUT2D eigenvalue weighted by molar-refractivity contribution is 6.43. The second-order valence-electron chi connectivity index (χ2n) is 6.15. The van der Waals surface area contributed by atoms with Crippen molar-refractivity contribution >= 4 is 29.0 Å². The van der Waals surface area contributed by atoms with Gasteiger partial charge in [-0.2, -0.15) is 0 Å². The highest BCUT2D eigenvalue weighted by Crippen LogP contribution is 2.27. The van der Waals surface area contributed by atoms with Gasteiger partial charge in [-0.05, 0) is 28.7 Å². The fourth-order valence-corrected chi connectivity index (χ4v) is 2.53. The SMILES string of the molecule is CC(C)(C)c1ccc(CC(=O)c2cccc(Cl)c2Cl)cc1. The smallest absolute Gasteiger partial charge is 0.168 e. The first kappa shape index (κ1) is 16.1. The van der Waals surface area contributed by atoms with Gasteiger partial charge >= 0.3 is 0 Å². The lowest BCUT2D eigenvalue weighted by atomic mass is 9.86. The van der Waals surface area contributed by atoms with Gasteiger partial charge in [0.15, 0.2) is 5.78 Å². The predicted molar refractivity (Wildman–Crippen MR) is 89.6 cm³/mol. The molecule has 0 aliphatic carbocycles. The molecule has 0 saturated carbocycles. The van der Waals surface area contributed by atoms with E-state index in [-0.39, 0.29) is 11.2 Å². The summed E-state index contributed by atoms with van der Waals surface area (Å²) in [6.07, 6.45) is 0.324. The summed E-state index contributed by atoms with van der Waals surface area (Å²) in [5, 5.41) is 0.737. The molecule has 110 valence electrons. The summed E-state index contributed by atoms with van der Waals surface area (Å²) in [5.74, 6) is -0.0222. The average Bonchev–Trinajstić information content (AvgIpc) is 2.41. The highest BCUT2D eigenvalue weighted by Gasteiger charge is 2.15. The van der Waals surface area contributed by atoms with E-state index in [2.05, 4.69) is 32.9 Å². The van der Waals surface area contributed by atoms with Gasteiger partial charge in [0.25, 0.3) is 0 Å². The molecule has 2 aromatic carbocycles. The molecule has 0 bridgehead atoms. The van der Waals surface area contributed by atoms with Crippen LogP contribution >= 0.6 is 23.2 Å². The van der Waals surface area contributed by atoms with Crippen LogP contribution in [-0.4, -0.2) is 5.78 Å². The molecule has 0 aromatic heterocycles. The van der Waals surface area contributed by atoms with Crippen molar-refractivity contribution < 1.29 is 4.79 Å². The average molecular weight is 321 g/mol. The van der Waals surface area contributed by atoms with Gasteiger partial charge in [0.1, 0.15) is 0 Å². The van der Waals surface area contributed by atoms with Crippen molar-refractivity contribution in [1.82, 2.24) is 0 Å². The third kappa shape index (κ3) is 3.87. The number of hydrogen-bond acceptors (Lipinski definition) is 1. The van der Waals surface area contributed by atoms with Gasteiger partial charge in [0.2, 0.25) is 0 Å². The fourth-order valence-electron chi connectivity index (χ4n) is 2.12. The highest BCUT2D eigenvalue weighted by atomic mass is 35.5. The Bertz CT molecular complexity index is 652. The van der Waals surface area contributed by atoms with Crippen LogP contribution in [0.3, 0.4) is 0 Å². The minimum Gasteiger partial charge on any atom is -0.294 e. The molecule has 0 aliphatic rings. The Labute approximate surface area is 135 Å². The van der Waals surface area contributed by atoms with Crippen LogP contribution in [-0.2, 0) is 11.8 Å². The third-order valence-corrected chi connectivity index (χ3v) is 4.26. The number of halogens is 2. The molecule has 2 rings (SSSR count). The zero-order chi connectivity index (χ0) is 15.6. The summed E-state index contributed by atoms with van der Waals surface area (Å²) < 4.78 is 0. The molecule has 0 N–H and O–H groups in total. The molecular weight excluding hydrogens is 303 g/mol. The van der Waals surface area contributed by atoms with E-state index < -0.39 is 0 Å². The van der Waals surface area contributed by atoms with E-state index in [0.717, 1.165) is 5.56 Å². The summed E-state index contributed by atoms with van der Waals surface area (Å²) in [5.41, 5.74) is 2.81. The Morgan fingerprint density at radius 2 is 1.62 bits per heavy atom. The maximum Gasteiger partial charge on any atom is 0.168 e. The van der Waals surface area contributed by atoms with Gasteiger partial charge in [-0.3, -0.25) is 4.79 Å². The minimum absolute atomic E-state index is 0.0222. The van der Waals surface area contributed by atoms with Crippen molar-refractivity contribution in [2.24, 2.45) is 0 Å². The topological polar surface area (TPSA) is 17.1 Å². The molecule has 0 heterocycles. The Morgan fingerprint density at radius 1 is 1.00 bits per heavy atom. The molecule has 1 nitrogen and oxygen atoms in total. The molecule has 0 amide bonds. The van der Waals surface area contributed by atoms with Gasteiger partial charge in [-0.25, -0.2) is 0 Å². The summed E-state index contributed by atoms with van der Waals surface area (Å²) in [7, 11) is 0. The third-order valence-electron chi connectivity index (χ3n) is 3.44. The maximum atomic E-state index is 12.3. The number of carbonyl (C=O) groups is 1. The zero-order valence-corrected chi connectivity index (χ0v) is 13.9. The summed E-state index contributed by atoms with van der Waals surface area (Å²) in [6, 6.07) is 13.3. The van der Waals surface area contributed by atoms with Crippen LogP contribution in [0.1, 0.15) is 42.3 Å². The number of ketones is 1. The van der Waals surface area contributed by atoms with Crippen molar-refractivity contribution in [2.45, 2.75) is 32.6 Å². The number of benzene rings is 2. The molecule has 0 aliphatic heterocycles. The van der Waals surface area contributed by atoms with Crippen molar-refractivity contribution in [3.8, 4) is 0 Å². The first-order chi connectivity index (χ1) is 9.79. The second kappa shape index (κ2) is 6.21. The van der Waals surface area contributed by atoms with E-state index in [1.807, 2.05) is 12.1 Å². The first-order valence-corrected chi connectivity index (χ1v) is 7.61. The van der Waals surface area contributed by atoms with E-state index in [1.54, 1.807) is 18.2 Å². The van der Waals surface area contributed by atoms with Gasteiger partial charge in [0, 0.05) is 12.0 Å². The normalized spacial score (nSPS) is 11.5. The lowest BCUT2D eigenvalue weighted by molar-refractivity contribution is 0.0993. The lowest BCUT2D eigenvalue weighted by Crippen LogP contribution is -2.11. The quantitative estimate of drug-likeness (QED) is 0.661. The van der Waals surface area contributed by atoms with Crippen LogP contribution in [0.25, 0.3) is 0 Å². The van der Waals surface area contributed by atoms with E-state index in [0.29, 0.717) is 22.0 Å². The maximum absolute atomic E-state index is 12.3. The molecule has 0 atom stereocenters. The van der Waals surface area contributed by atoms with E-state index in [9.17, 15) is 4.79 Å². The second-order valence-corrected chi connectivity index (χ2v) is 6.93. The predicted octanol–water partition coefficient (Wildman–Crippen LogP) is 5.72.